The molecule has 0 amide bonds. The van der Waals surface area contributed by atoms with E-state index in [-0.39, 0.29) is 0 Å². The van der Waals surface area contributed by atoms with Crippen molar-refractivity contribution in [2.24, 2.45) is 5.92 Å². The average molecular weight is 372 g/mol. The number of piperidine rings is 1. The summed E-state index contributed by atoms with van der Waals surface area (Å²) in [6.07, 6.45) is 7.72. The summed E-state index contributed by atoms with van der Waals surface area (Å²) in [6, 6.07) is 6.18. The minimum absolute atomic E-state index is 0.670. The van der Waals surface area contributed by atoms with Gasteiger partial charge in [0.2, 0.25) is 0 Å². The van der Waals surface area contributed by atoms with Crippen LogP contribution in [0.1, 0.15) is 53.0 Å². The molecule has 0 bridgehead atoms. The average Bonchev–Trinajstić information content (AvgIpc) is 3.26. The zero-order valence-electron chi connectivity index (χ0n) is 15.4. The van der Waals surface area contributed by atoms with E-state index >= 15 is 0 Å². The molecular formula is C21H26ClN3O. The third-order valence-corrected chi connectivity index (χ3v) is 6.50. The summed E-state index contributed by atoms with van der Waals surface area (Å²) in [7, 11) is 0. The largest absolute Gasteiger partial charge is 0.371 e. The lowest BCUT2D eigenvalue weighted by atomic mass is 9.93. The summed E-state index contributed by atoms with van der Waals surface area (Å²) in [6.45, 7) is 5.22. The second kappa shape index (κ2) is 7.43. The fourth-order valence-electron chi connectivity index (χ4n) is 4.53. The van der Waals surface area contributed by atoms with Gasteiger partial charge in [-0.25, -0.2) is 0 Å². The first kappa shape index (κ1) is 17.6. The Morgan fingerprint density at radius 2 is 2.08 bits per heavy atom. The van der Waals surface area contributed by atoms with E-state index in [2.05, 4.69) is 27.7 Å². The highest BCUT2D eigenvalue weighted by atomic mass is 35.5. The molecule has 0 unspecified atom stereocenters. The number of aromatic nitrogens is 2. The molecule has 2 heterocycles. The zero-order chi connectivity index (χ0) is 18.1. The van der Waals surface area contributed by atoms with Crippen molar-refractivity contribution >= 4 is 23.6 Å². The lowest BCUT2D eigenvalue weighted by Crippen LogP contribution is -2.34. The number of nitrogens with zero attached hydrogens (tertiary/aromatic N) is 3. The van der Waals surface area contributed by atoms with Crippen LogP contribution in [-0.4, -0.2) is 29.2 Å². The topological polar surface area (TPSA) is 38.1 Å². The summed E-state index contributed by atoms with van der Waals surface area (Å²) >= 11 is 6.28. The van der Waals surface area contributed by atoms with Crippen LogP contribution >= 0.6 is 11.6 Å². The van der Waals surface area contributed by atoms with Gasteiger partial charge >= 0.3 is 0 Å². The fraction of sp³-hybridized carbons (Fsp3) is 0.524. The summed E-state index contributed by atoms with van der Waals surface area (Å²) < 4.78 is 2.11. The molecule has 1 aromatic carbocycles. The molecule has 0 saturated carbocycles. The SMILES string of the molecule is Cc1c(Cl)cccc1N1CCC(CCn2nc(C=O)c3c2CCC3)CC1. The normalized spacial score (nSPS) is 17.5. The van der Waals surface area contributed by atoms with E-state index in [1.165, 1.54) is 35.3 Å². The van der Waals surface area contributed by atoms with E-state index in [0.29, 0.717) is 5.69 Å². The predicted octanol–water partition coefficient (Wildman–Crippen LogP) is 4.45. The molecule has 0 radical (unpaired) electrons. The number of rotatable bonds is 5. The van der Waals surface area contributed by atoms with Gasteiger partial charge in [0, 0.05) is 41.6 Å². The molecule has 2 aliphatic rings. The van der Waals surface area contributed by atoms with Crippen molar-refractivity contribution in [2.45, 2.75) is 52.0 Å². The molecule has 0 spiro atoms. The van der Waals surface area contributed by atoms with Crippen LogP contribution in [0.4, 0.5) is 5.69 Å². The van der Waals surface area contributed by atoms with Crippen LogP contribution in [-0.2, 0) is 19.4 Å². The molecule has 1 aliphatic carbocycles. The first-order chi connectivity index (χ1) is 12.7. The Morgan fingerprint density at radius 3 is 2.85 bits per heavy atom. The Bertz CT molecular complexity index is 806. The number of aldehydes is 1. The first-order valence-electron chi connectivity index (χ1n) is 9.71. The molecule has 4 nitrogen and oxygen atoms in total. The van der Waals surface area contributed by atoms with Gasteiger partial charge in [-0.05, 0) is 69.1 Å². The second-order valence-corrected chi connectivity index (χ2v) is 8.02. The molecule has 4 rings (SSSR count). The van der Waals surface area contributed by atoms with Gasteiger partial charge in [-0.1, -0.05) is 17.7 Å². The van der Waals surface area contributed by atoms with Crippen molar-refractivity contribution < 1.29 is 4.79 Å². The fourth-order valence-corrected chi connectivity index (χ4v) is 4.69. The molecule has 1 aliphatic heterocycles. The predicted molar refractivity (Wildman–Crippen MR) is 105 cm³/mol. The van der Waals surface area contributed by atoms with Crippen LogP contribution in [0.3, 0.4) is 0 Å². The van der Waals surface area contributed by atoms with Gasteiger partial charge in [-0.15, -0.1) is 0 Å². The van der Waals surface area contributed by atoms with E-state index in [1.54, 1.807) is 0 Å². The highest BCUT2D eigenvalue weighted by Crippen LogP contribution is 2.31. The maximum Gasteiger partial charge on any atom is 0.170 e. The Labute approximate surface area is 160 Å². The number of hydrogen-bond donors (Lipinski definition) is 0. The molecule has 1 fully saturated rings. The maximum atomic E-state index is 11.2. The van der Waals surface area contributed by atoms with Crippen molar-refractivity contribution in [2.75, 3.05) is 18.0 Å². The van der Waals surface area contributed by atoms with Gasteiger partial charge in [0.15, 0.2) is 6.29 Å². The molecule has 26 heavy (non-hydrogen) atoms. The molecule has 0 N–H and O–H groups in total. The Balaban J connectivity index is 1.35. The standard InChI is InChI=1S/C21H26ClN3O/c1-15-18(22)5-3-6-20(15)24-11-8-16(9-12-24)10-13-25-21-7-2-4-17(21)19(14-26)23-25/h3,5-6,14,16H,2,4,7-13H2,1H3. The van der Waals surface area contributed by atoms with Crippen LogP contribution in [0.25, 0.3) is 0 Å². The number of benzene rings is 1. The van der Waals surface area contributed by atoms with E-state index < -0.39 is 0 Å². The van der Waals surface area contributed by atoms with Crippen LogP contribution in [0.2, 0.25) is 5.02 Å². The highest BCUT2D eigenvalue weighted by molar-refractivity contribution is 6.31. The van der Waals surface area contributed by atoms with Crippen molar-refractivity contribution in [1.29, 1.82) is 0 Å². The summed E-state index contributed by atoms with van der Waals surface area (Å²) in [5.74, 6) is 0.728. The van der Waals surface area contributed by atoms with Crippen molar-refractivity contribution in [3.63, 3.8) is 0 Å². The number of aryl methyl sites for hydroxylation is 1. The van der Waals surface area contributed by atoms with Gasteiger partial charge < -0.3 is 4.90 Å². The van der Waals surface area contributed by atoms with Gasteiger partial charge in [-0.2, -0.15) is 5.10 Å². The lowest BCUT2D eigenvalue weighted by Gasteiger charge is -2.34. The molecule has 1 saturated heterocycles. The quantitative estimate of drug-likeness (QED) is 0.728. The Hall–Kier alpha value is -1.81. The van der Waals surface area contributed by atoms with Gasteiger partial charge in [0.05, 0.1) is 0 Å². The van der Waals surface area contributed by atoms with Crippen molar-refractivity contribution in [3.05, 3.63) is 45.7 Å². The van der Waals surface area contributed by atoms with Gasteiger partial charge in [-0.3, -0.25) is 9.48 Å². The zero-order valence-corrected chi connectivity index (χ0v) is 16.1. The molecule has 2 aromatic rings. The second-order valence-electron chi connectivity index (χ2n) is 7.61. The van der Waals surface area contributed by atoms with Crippen molar-refractivity contribution in [3.8, 4) is 0 Å². The van der Waals surface area contributed by atoms with Gasteiger partial charge in [0.1, 0.15) is 5.69 Å². The van der Waals surface area contributed by atoms with Crippen LogP contribution in [0, 0.1) is 12.8 Å². The number of hydrogen-bond acceptors (Lipinski definition) is 3. The summed E-state index contributed by atoms with van der Waals surface area (Å²) in [5.41, 5.74) is 5.63. The van der Waals surface area contributed by atoms with E-state index in [1.807, 2.05) is 12.1 Å². The maximum absolute atomic E-state index is 11.2. The number of anilines is 1. The monoisotopic (exact) mass is 371 g/mol. The Kier molecular flexibility index (Phi) is 5.03. The third-order valence-electron chi connectivity index (χ3n) is 6.09. The lowest BCUT2D eigenvalue weighted by molar-refractivity contribution is 0.111. The molecule has 5 heteroatoms. The van der Waals surface area contributed by atoms with E-state index in [0.717, 1.165) is 62.5 Å². The summed E-state index contributed by atoms with van der Waals surface area (Å²) in [5, 5.41) is 5.39. The highest BCUT2D eigenvalue weighted by Gasteiger charge is 2.24. The molecule has 1 aromatic heterocycles. The number of halogens is 1. The van der Waals surface area contributed by atoms with Crippen LogP contribution < -0.4 is 4.90 Å². The minimum atomic E-state index is 0.670. The Morgan fingerprint density at radius 1 is 1.27 bits per heavy atom. The minimum Gasteiger partial charge on any atom is -0.371 e. The smallest absolute Gasteiger partial charge is 0.170 e. The van der Waals surface area contributed by atoms with Crippen LogP contribution in [0.5, 0.6) is 0 Å². The number of carbonyl (C=O) groups is 1. The molecule has 0 atom stereocenters. The number of carbonyl (C=O) groups excluding carboxylic acids is 1. The van der Waals surface area contributed by atoms with Crippen LogP contribution in [0.15, 0.2) is 18.2 Å². The van der Waals surface area contributed by atoms with E-state index in [4.69, 9.17) is 11.6 Å². The number of fused-ring (bicyclic) bond motifs is 1. The van der Waals surface area contributed by atoms with Crippen molar-refractivity contribution in [1.82, 2.24) is 9.78 Å². The molecular weight excluding hydrogens is 346 g/mol. The summed E-state index contributed by atoms with van der Waals surface area (Å²) in [4.78, 5) is 13.7. The molecule has 138 valence electrons. The van der Waals surface area contributed by atoms with E-state index in [9.17, 15) is 4.79 Å². The van der Waals surface area contributed by atoms with Gasteiger partial charge in [0.25, 0.3) is 0 Å². The first-order valence-corrected chi connectivity index (χ1v) is 10.1. The third kappa shape index (κ3) is 3.27.